The standard InChI is InChI=1S/C15H23NO3.ClH/c1-12-4-2-3-5-15(12)19-11-14(17)10-16-13-6-8-18-9-7-13;/h2-5,13-14,16-17H,6-11H2,1H3;1H. The van der Waals surface area contributed by atoms with Crippen molar-refractivity contribution in [1.82, 2.24) is 5.32 Å². The number of aliphatic hydroxyl groups is 1. The maximum absolute atomic E-state index is 9.91. The number of ether oxygens (including phenoxy) is 2. The van der Waals surface area contributed by atoms with E-state index in [4.69, 9.17) is 9.47 Å². The molecule has 1 unspecified atom stereocenters. The van der Waals surface area contributed by atoms with Crippen molar-refractivity contribution in [2.75, 3.05) is 26.4 Å². The Morgan fingerprint density at radius 2 is 2.05 bits per heavy atom. The lowest BCUT2D eigenvalue weighted by atomic mass is 10.1. The minimum Gasteiger partial charge on any atom is -0.491 e. The summed E-state index contributed by atoms with van der Waals surface area (Å²) in [7, 11) is 0. The molecule has 0 aliphatic carbocycles. The van der Waals surface area contributed by atoms with Crippen molar-refractivity contribution in [1.29, 1.82) is 0 Å². The van der Waals surface area contributed by atoms with Crippen molar-refractivity contribution in [3.63, 3.8) is 0 Å². The van der Waals surface area contributed by atoms with Gasteiger partial charge in [0.2, 0.25) is 0 Å². The lowest BCUT2D eigenvalue weighted by Crippen LogP contribution is -2.40. The van der Waals surface area contributed by atoms with Crippen LogP contribution in [0.2, 0.25) is 0 Å². The van der Waals surface area contributed by atoms with Gasteiger partial charge in [-0.3, -0.25) is 0 Å². The Bertz CT molecular complexity index is 383. The first-order valence-electron chi connectivity index (χ1n) is 6.93. The number of hydrogen-bond donors (Lipinski definition) is 2. The molecule has 0 radical (unpaired) electrons. The molecule has 2 N–H and O–H groups in total. The van der Waals surface area contributed by atoms with Crippen LogP contribution in [0.3, 0.4) is 0 Å². The minimum atomic E-state index is -0.484. The number of halogens is 1. The molecular weight excluding hydrogens is 278 g/mol. The third-order valence-corrected chi connectivity index (χ3v) is 3.39. The van der Waals surface area contributed by atoms with Gasteiger partial charge in [0.1, 0.15) is 18.5 Å². The van der Waals surface area contributed by atoms with E-state index in [1.54, 1.807) is 0 Å². The number of benzene rings is 1. The molecule has 1 heterocycles. The maximum Gasteiger partial charge on any atom is 0.122 e. The summed E-state index contributed by atoms with van der Waals surface area (Å²) in [5.74, 6) is 0.840. The molecule has 0 bridgehead atoms. The fourth-order valence-electron chi connectivity index (χ4n) is 2.17. The molecule has 1 aromatic carbocycles. The molecule has 2 rings (SSSR count). The van der Waals surface area contributed by atoms with Crippen LogP contribution in [-0.4, -0.2) is 43.6 Å². The molecule has 0 spiro atoms. The lowest BCUT2D eigenvalue weighted by molar-refractivity contribution is 0.0654. The minimum absolute atomic E-state index is 0. The van der Waals surface area contributed by atoms with Gasteiger partial charge in [-0.2, -0.15) is 0 Å². The van der Waals surface area contributed by atoms with E-state index in [9.17, 15) is 5.11 Å². The van der Waals surface area contributed by atoms with Crippen LogP contribution < -0.4 is 10.1 Å². The molecule has 0 saturated carbocycles. The number of hydrogen-bond acceptors (Lipinski definition) is 4. The highest BCUT2D eigenvalue weighted by Crippen LogP contribution is 2.16. The van der Waals surface area contributed by atoms with Gasteiger partial charge in [0.05, 0.1) is 0 Å². The van der Waals surface area contributed by atoms with Crippen LogP contribution in [0.25, 0.3) is 0 Å². The fraction of sp³-hybridized carbons (Fsp3) is 0.600. The second-order valence-corrected chi connectivity index (χ2v) is 5.03. The van der Waals surface area contributed by atoms with E-state index < -0.39 is 6.10 Å². The molecule has 114 valence electrons. The van der Waals surface area contributed by atoms with Gasteiger partial charge in [0, 0.05) is 25.8 Å². The summed E-state index contributed by atoms with van der Waals surface area (Å²) in [4.78, 5) is 0. The Balaban J connectivity index is 0.00000200. The molecule has 20 heavy (non-hydrogen) atoms. The van der Waals surface area contributed by atoms with Crippen molar-refractivity contribution in [3.8, 4) is 5.75 Å². The van der Waals surface area contributed by atoms with Gasteiger partial charge in [-0.1, -0.05) is 18.2 Å². The van der Waals surface area contributed by atoms with Crippen LogP contribution in [-0.2, 0) is 4.74 Å². The molecule has 0 aromatic heterocycles. The summed E-state index contributed by atoms with van der Waals surface area (Å²) in [5.41, 5.74) is 1.09. The van der Waals surface area contributed by atoms with Gasteiger partial charge < -0.3 is 19.9 Å². The number of para-hydroxylation sites is 1. The van der Waals surface area contributed by atoms with Gasteiger partial charge in [-0.25, -0.2) is 0 Å². The molecule has 4 nitrogen and oxygen atoms in total. The highest BCUT2D eigenvalue weighted by Gasteiger charge is 2.15. The first-order chi connectivity index (χ1) is 9.25. The number of nitrogens with one attached hydrogen (secondary N) is 1. The van der Waals surface area contributed by atoms with E-state index in [0.29, 0.717) is 19.2 Å². The summed E-state index contributed by atoms with van der Waals surface area (Å²) in [5, 5.41) is 13.3. The molecule has 1 atom stereocenters. The van der Waals surface area contributed by atoms with E-state index in [1.807, 2.05) is 31.2 Å². The van der Waals surface area contributed by atoms with E-state index in [1.165, 1.54) is 0 Å². The van der Waals surface area contributed by atoms with Gasteiger partial charge in [-0.15, -0.1) is 12.4 Å². The van der Waals surface area contributed by atoms with Crippen LogP contribution in [0.15, 0.2) is 24.3 Å². The van der Waals surface area contributed by atoms with Crippen molar-refractivity contribution in [2.45, 2.75) is 31.9 Å². The third kappa shape index (κ3) is 5.67. The molecule has 1 saturated heterocycles. The second-order valence-electron chi connectivity index (χ2n) is 5.03. The summed E-state index contributed by atoms with van der Waals surface area (Å²) in [6.07, 6.45) is 1.55. The van der Waals surface area contributed by atoms with Crippen molar-refractivity contribution < 1.29 is 14.6 Å². The smallest absolute Gasteiger partial charge is 0.122 e. The molecule has 0 amide bonds. The molecule has 1 aromatic rings. The predicted octanol–water partition coefficient (Wildman–Crippen LogP) is 1.93. The van der Waals surface area contributed by atoms with E-state index >= 15 is 0 Å². The number of aryl methyl sites for hydroxylation is 1. The van der Waals surface area contributed by atoms with Crippen molar-refractivity contribution in [2.24, 2.45) is 0 Å². The largest absolute Gasteiger partial charge is 0.491 e. The van der Waals surface area contributed by atoms with Gasteiger partial charge in [0.25, 0.3) is 0 Å². The van der Waals surface area contributed by atoms with Gasteiger partial charge >= 0.3 is 0 Å². The monoisotopic (exact) mass is 301 g/mol. The Morgan fingerprint density at radius 1 is 1.35 bits per heavy atom. The van der Waals surface area contributed by atoms with Crippen molar-refractivity contribution in [3.05, 3.63) is 29.8 Å². The zero-order valence-electron chi connectivity index (χ0n) is 11.9. The second kappa shape index (κ2) is 9.19. The molecule has 1 aliphatic rings. The fourth-order valence-corrected chi connectivity index (χ4v) is 2.17. The Labute approximate surface area is 126 Å². The average molecular weight is 302 g/mol. The SMILES string of the molecule is Cc1ccccc1OCC(O)CNC1CCOCC1.Cl. The predicted molar refractivity (Wildman–Crippen MR) is 81.8 cm³/mol. The summed E-state index contributed by atoms with van der Waals surface area (Å²) in [6, 6.07) is 8.30. The van der Waals surface area contributed by atoms with E-state index in [2.05, 4.69) is 5.32 Å². The first-order valence-corrected chi connectivity index (χ1v) is 6.93. The van der Waals surface area contributed by atoms with Crippen LogP contribution in [0, 0.1) is 6.92 Å². The average Bonchev–Trinajstić information content (AvgIpc) is 2.45. The molecule has 1 fully saturated rings. The number of rotatable bonds is 6. The topological polar surface area (TPSA) is 50.7 Å². The van der Waals surface area contributed by atoms with Gasteiger partial charge in [-0.05, 0) is 31.4 Å². The number of aliphatic hydroxyl groups excluding tert-OH is 1. The normalized spacial score (nSPS) is 17.3. The highest BCUT2D eigenvalue weighted by atomic mass is 35.5. The molecular formula is C15H24ClNO3. The van der Waals surface area contributed by atoms with Gasteiger partial charge in [0.15, 0.2) is 0 Å². The van der Waals surface area contributed by atoms with Crippen LogP contribution in [0.4, 0.5) is 0 Å². The summed E-state index contributed by atoms with van der Waals surface area (Å²) < 4.78 is 10.9. The highest BCUT2D eigenvalue weighted by molar-refractivity contribution is 5.85. The van der Waals surface area contributed by atoms with Crippen LogP contribution in [0.1, 0.15) is 18.4 Å². The van der Waals surface area contributed by atoms with E-state index in [-0.39, 0.29) is 12.4 Å². The summed E-state index contributed by atoms with van der Waals surface area (Å²) in [6.45, 7) is 4.51. The molecule has 5 heteroatoms. The lowest BCUT2D eigenvalue weighted by Gasteiger charge is -2.24. The van der Waals surface area contributed by atoms with Crippen molar-refractivity contribution >= 4 is 12.4 Å². The quantitative estimate of drug-likeness (QED) is 0.843. The summed E-state index contributed by atoms with van der Waals surface area (Å²) >= 11 is 0. The maximum atomic E-state index is 9.91. The molecule has 1 aliphatic heterocycles. The third-order valence-electron chi connectivity index (χ3n) is 3.39. The van der Waals surface area contributed by atoms with Crippen LogP contribution >= 0.6 is 12.4 Å². The zero-order valence-corrected chi connectivity index (χ0v) is 12.7. The Kier molecular flexibility index (Phi) is 7.92. The Morgan fingerprint density at radius 3 is 2.75 bits per heavy atom. The Hall–Kier alpha value is -0.810. The zero-order chi connectivity index (χ0) is 13.5. The van der Waals surface area contributed by atoms with Crippen LogP contribution in [0.5, 0.6) is 5.75 Å². The van der Waals surface area contributed by atoms with E-state index in [0.717, 1.165) is 37.4 Å². The first kappa shape index (κ1) is 17.2.